The fraction of sp³-hybridized carbons (Fsp3) is 0.105. The second-order valence-corrected chi connectivity index (χ2v) is 5.96. The fourth-order valence-electron chi connectivity index (χ4n) is 2.45. The molecule has 126 valence electrons. The Labute approximate surface area is 151 Å². The van der Waals surface area contributed by atoms with Crippen molar-refractivity contribution in [3.05, 3.63) is 71.7 Å². The zero-order valence-electron chi connectivity index (χ0n) is 13.9. The lowest BCUT2D eigenvalue weighted by Crippen LogP contribution is -2.26. The standard InChI is InChI=1S/C19H17ClN4O/c1-23-17(15-9-11-21-12-10-15)13-22-19(23)24(2)18(25)8-5-14-3-6-16(20)7-4-14/h3-13H,1-2H3. The fourth-order valence-corrected chi connectivity index (χ4v) is 2.58. The van der Waals surface area contributed by atoms with Gasteiger partial charge in [0.15, 0.2) is 0 Å². The summed E-state index contributed by atoms with van der Waals surface area (Å²) in [5.74, 6) is 0.405. The molecule has 3 aromatic rings. The second kappa shape index (κ2) is 7.32. The maximum atomic E-state index is 12.4. The summed E-state index contributed by atoms with van der Waals surface area (Å²) in [5.41, 5.74) is 2.82. The summed E-state index contributed by atoms with van der Waals surface area (Å²) in [6.45, 7) is 0. The molecule has 0 aliphatic carbocycles. The number of nitrogens with zero attached hydrogens (tertiary/aromatic N) is 4. The molecule has 0 saturated carbocycles. The Morgan fingerprint density at radius 2 is 1.84 bits per heavy atom. The van der Waals surface area contributed by atoms with Crippen LogP contribution in [-0.2, 0) is 11.8 Å². The molecular formula is C19H17ClN4O. The summed E-state index contributed by atoms with van der Waals surface area (Å²) in [6.07, 6.45) is 8.47. The van der Waals surface area contributed by atoms with Crippen molar-refractivity contribution in [3.63, 3.8) is 0 Å². The van der Waals surface area contributed by atoms with Gasteiger partial charge < -0.3 is 4.57 Å². The molecule has 25 heavy (non-hydrogen) atoms. The number of likely N-dealkylation sites (N-methyl/N-ethyl adjacent to an activating group) is 1. The van der Waals surface area contributed by atoms with Crippen LogP contribution in [0.4, 0.5) is 5.95 Å². The van der Waals surface area contributed by atoms with Crippen molar-refractivity contribution < 1.29 is 4.79 Å². The van der Waals surface area contributed by atoms with Crippen molar-refractivity contribution in [2.24, 2.45) is 7.05 Å². The summed E-state index contributed by atoms with van der Waals surface area (Å²) in [5, 5.41) is 0.664. The van der Waals surface area contributed by atoms with Crippen LogP contribution in [0.3, 0.4) is 0 Å². The topological polar surface area (TPSA) is 51.0 Å². The Bertz CT molecular complexity index is 901. The van der Waals surface area contributed by atoms with Gasteiger partial charge in [-0.2, -0.15) is 0 Å². The van der Waals surface area contributed by atoms with Gasteiger partial charge >= 0.3 is 0 Å². The summed E-state index contributed by atoms with van der Waals surface area (Å²) < 4.78 is 1.88. The summed E-state index contributed by atoms with van der Waals surface area (Å²) in [7, 11) is 3.58. The average Bonchev–Trinajstić information content (AvgIpc) is 3.02. The first-order valence-corrected chi connectivity index (χ1v) is 8.07. The molecule has 3 rings (SSSR count). The van der Waals surface area contributed by atoms with E-state index in [1.54, 1.807) is 43.8 Å². The van der Waals surface area contributed by atoms with Crippen LogP contribution in [0.2, 0.25) is 5.02 Å². The van der Waals surface area contributed by atoms with Crippen LogP contribution in [0.15, 0.2) is 61.1 Å². The normalized spacial score (nSPS) is 11.0. The number of amides is 1. The molecule has 0 N–H and O–H groups in total. The van der Waals surface area contributed by atoms with E-state index in [0.717, 1.165) is 16.8 Å². The van der Waals surface area contributed by atoms with Crippen molar-refractivity contribution in [1.82, 2.24) is 14.5 Å². The summed E-state index contributed by atoms with van der Waals surface area (Å²) in [4.78, 5) is 22.3. The van der Waals surface area contributed by atoms with Gasteiger partial charge in [-0.05, 0) is 35.9 Å². The van der Waals surface area contributed by atoms with E-state index >= 15 is 0 Å². The Hall–Kier alpha value is -2.92. The Balaban J connectivity index is 1.79. The number of hydrogen-bond acceptors (Lipinski definition) is 3. The van der Waals surface area contributed by atoms with Crippen LogP contribution < -0.4 is 4.90 Å². The monoisotopic (exact) mass is 352 g/mol. The number of carbonyl (C=O) groups excluding carboxylic acids is 1. The zero-order chi connectivity index (χ0) is 17.8. The number of halogens is 1. The summed E-state index contributed by atoms with van der Waals surface area (Å²) in [6, 6.07) is 11.1. The average molecular weight is 353 g/mol. The number of carbonyl (C=O) groups is 1. The third-order valence-corrected chi connectivity index (χ3v) is 4.11. The van der Waals surface area contributed by atoms with Gasteiger partial charge in [-0.3, -0.25) is 14.7 Å². The van der Waals surface area contributed by atoms with Crippen molar-refractivity contribution in [1.29, 1.82) is 0 Å². The van der Waals surface area contributed by atoms with E-state index in [4.69, 9.17) is 11.6 Å². The van der Waals surface area contributed by atoms with Crippen LogP contribution in [0.5, 0.6) is 0 Å². The lowest BCUT2D eigenvalue weighted by atomic mass is 10.2. The number of pyridine rings is 1. The number of anilines is 1. The zero-order valence-corrected chi connectivity index (χ0v) is 14.7. The largest absolute Gasteiger partial charge is 0.313 e. The number of benzene rings is 1. The minimum atomic E-state index is -0.162. The predicted octanol–water partition coefficient (Wildman–Crippen LogP) is 3.81. The van der Waals surface area contributed by atoms with Crippen molar-refractivity contribution in [3.8, 4) is 11.3 Å². The Morgan fingerprint density at radius 1 is 1.16 bits per heavy atom. The van der Waals surface area contributed by atoms with Gasteiger partial charge in [-0.1, -0.05) is 23.7 Å². The maximum absolute atomic E-state index is 12.4. The number of rotatable bonds is 4. The highest BCUT2D eigenvalue weighted by molar-refractivity contribution is 6.30. The van der Waals surface area contributed by atoms with E-state index in [-0.39, 0.29) is 5.91 Å². The number of hydrogen-bond donors (Lipinski definition) is 0. The molecule has 5 nitrogen and oxygen atoms in total. The Kier molecular flexibility index (Phi) is 4.95. The highest BCUT2D eigenvalue weighted by Crippen LogP contribution is 2.23. The molecule has 1 aromatic carbocycles. The van der Waals surface area contributed by atoms with Gasteiger partial charge in [0.1, 0.15) is 0 Å². The second-order valence-electron chi connectivity index (χ2n) is 5.52. The highest BCUT2D eigenvalue weighted by atomic mass is 35.5. The SMILES string of the molecule is CN(C(=O)C=Cc1ccc(Cl)cc1)c1ncc(-c2ccncc2)n1C. The van der Waals surface area contributed by atoms with Crippen molar-refractivity contribution in [2.75, 3.05) is 11.9 Å². The molecular weight excluding hydrogens is 336 g/mol. The van der Waals surface area contributed by atoms with Gasteiger partial charge in [0.25, 0.3) is 5.91 Å². The summed E-state index contributed by atoms with van der Waals surface area (Å²) >= 11 is 5.86. The van der Waals surface area contributed by atoms with Gasteiger partial charge in [0.2, 0.25) is 5.95 Å². The van der Waals surface area contributed by atoms with Crippen LogP contribution in [0.25, 0.3) is 17.3 Å². The van der Waals surface area contributed by atoms with Gasteiger partial charge in [0.05, 0.1) is 11.9 Å². The number of imidazole rings is 1. The lowest BCUT2D eigenvalue weighted by molar-refractivity contribution is -0.113. The molecule has 0 bridgehead atoms. The van der Waals surface area contributed by atoms with Crippen LogP contribution in [0, 0.1) is 0 Å². The van der Waals surface area contributed by atoms with E-state index in [2.05, 4.69) is 9.97 Å². The van der Waals surface area contributed by atoms with Crippen LogP contribution in [-0.4, -0.2) is 27.5 Å². The van der Waals surface area contributed by atoms with E-state index in [9.17, 15) is 4.79 Å². The molecule has 0 spiro atoms. The Morgan fingerprint density at radius 3 is 2.52 bits per heavy atom. The first-order valence-electron chi connectivity index (χ1n) is 7.69. The molecule has 0 atom stereocenters. The molecule has 1 amide bonds. The molecule has 0 fully saturated rings. The van der Waals surface area contributed by atoms with Crippen molar-refractivity contribution >= 4 is 29.5 Å². The van der Waals surface area contributed by atoms with E-state index < -0.39 is 0 Å². The molecule has 0 radical (unpaired) electrons. The molecule has 2 heterocycles. The van der Waals surface area contributed by atoms with E-state index in [0.29, 0.717) is 11.0 Å². The lowest BCUT2D eigenvalue weighted by Gasteiger charge is -2.15. The molecule has 0 aliphatic heterocycles. The van der Waals surface area contributed by atoms with Crippen LogP contribution >= 0.6 is 11.6 Å². The van der Waals surface area contributed by atoms with Crippen LogP contribution in [0.1, 0.15) is 5.56 Å². The van der Waals surface area contributed by atoms with Gasteiger partial charge in [-0.15, -0.1) is 0 Å². The first kappa shape index (κ1) is 16.9. The van der Waals surface area contributed by atoms with Gasteiger partial charge in [-0.25, -0.2) is 4.98 Å². The minimum absolute atomic E-state index is 0.162. The molecule has 0 aliphatic rings. The minimum Gasteiger partial charge on any atom is -0.313 e. The molecule has 0 unspecified atom stereocenters. The molecule has 0 saturated heterocycles. The first-order chi connectivity index (χ1) is 12.1. The predicted molar refractivity (Wildman–Crippen MR) is 100 cm³/mol. The highest BCUT2D eigenvalue weighted by Gasteiger charge is 2.15. The third-order valence-electron chi connectivity index (χ3n) is 3.86. The van der Waals surface area contributed by atoms with Crippen molar-refractivity contribution in [2.45, 2.75) is 0 Å². The van der Waals surface area contributed by atoms with Gasteiger partial charge in [0, 0.05) is 43.2 Å². The molecule has 6 heteroatoms. The smallest absolute Gasteiger partial charge is 0.253 e. The molecule has 2 aromatic heterocycles. The van der Waals surface area contributed by atoms with E-state index in [1.165, 1.54) is 11.0 Å². The number of aromatic nitrogens is 3. The third kappa shape index (κ3) is 3.78. The maximum Gasteiger partial charge on any atom is 0.253 e. The quantitative estimate of drug-likeness (QED) is 0.671. The van der Waals surface area contributed by atoms with E-state index in [1.807, 2.05) is 35.9 Å².